The number of nitrogens with one attached hydrogen (secondary N) is 1. The third-order valence-electron chi connectivity index (χ3n) is 10.9. The van der Waals surface area contributed by atoms with Crippen molar-refractivity contribution in [1.82, 2.24) is 29.5 Å². The second kappa shape index (κ2) is 15.2. The van der Waals surface area contributed by atoms with Crippen LogP contribution < -0.4 is 15.0 Å². The van der Waals surface area contributed by atoms with Crippen LogP contribution in [0.4, 0.5) is 33.5 Å². The van der Waals surface area contributed by atoms with Crippen molar-refractivity contribution < 1.29 is 36.2 Å². The molecule has 1 amide bonds. The van der Waals surface area contributed by atoms with E-state index in [0.717, 1.165) is 25.5 Å². The van der Waals surface area contributed by atoms with Crippen molar-refractivity contribution in [2.75, 3.05) is 57.6 Å². The highest BCUT2D eigenvalue weighted by Gasteiger charge is 2.49. The third-order valence-corrected chi connectivity index (χ3v) is 11.3. The van der Waals surface area contributed by atoms with Crippen molar-refractivity contribution in [2.45, 2.75) is 76.5 Å². The Balaban J connectivity index is 1.28. The summed E-state index contributed by atoms with van der Waals surface area (Å²) in [5.74, 6) is 5.03. The number of alkyl halides is 3. The van der Waals surface area contributed by atoms with Gasteiger partial charge in [-0.2, -0.15) is 37.0 Å². The Kier molecular flexibility index (Phi) is 10.7. The standard InChI is InChI=1S/C38H42ClF5N8O3/c1-5-8-23-14-24(45-2)15-25(31(23)38(42,43)44)29-16-27-26(20-54-29)34(50-10-7-12-52-28(19-50)32(39)33(48-52)35(53)49(3)4)47-36(46-27)55-21-37-9-6-11-51(37)18-22(17-37)13-30(40)41/h13-15,22,29,45H,6-7,9-12,16-21H2,1-4H3/t22-,29?,37+/m0/s1. The first-order chi connectivity index (χ1) is 26.2. The van der Waals surface area contributed by atoms with E-state index in [1.54, 1.807) is 25.8 Å². The van der Waals surface area contributed by atoms with Gasteiger partial charge in [-0.05, 0) is 68.8 Å². The fourth-order valence-electron chi connectivity index (χ4n) is 8.44. The highest BCUT2D eigenvalue weighted by atomic mass is 35.5. The van der Waals surface area contributed by atoms with E-state index in [-0.39, 0.29) is 65.9 Å². The van der Waals surface area contributed by atoms with Crippen LogP contribution in [-0.2, 0) is 37.0 Å². The number of nitrogens with zero attached hydrogens (tertiary/aromatic N) is 7. The molecule has 0 spiro atoms. The number of aromatic nitrogens is 4. The molecule has 0 radical (unpaired) electrons. The van der Waals surface area contributed by atoms with Gasteiger partial charge < -0.3 is 24.6 Å². The number of fused-ring (bicyclic) bond motifs is 3. The minimum Gasteiger partial charge on any atom is -0.461 e. The van der Waals surface area contributed by atoms with Crippen molar-refractivity contribution in [3.8, 4) is 17.9 Å². The zero-order valence-electron chi connectivity index (χ0n) is 31.0. The maximum absolute atomic E-state index is 14.7. The number of hydrogen-bond acceptors (Lipinski definition) is 9. The smallest absolute Gasteiger partial charge is 0.417 e. The van der Waals surface area contributed by atoms with Crippen molar-refractivity contribution in [3.05, 3.63) is 68.6 Å². The van der Waals surface area contributed by atoms with Crippen LogP contribution in [0.15, 0.2) is 24.3 Å². The number of amides is 1. The molecule has 2 aromatic heterocycles. The van der Waals surface area contributed by atoms with Gasteiger partial charge in [0.05, 0.1) is 46.8 Å². The molecular formula is C38H42ClF5N8O3. The summed E-state index contributed by atoms with van der Waals surface area (Å²) in [6.45, 7) is 4.00. The molecule has 4 aliphatic heterocycles. The van der Waals surface area contributed by atoms with Gasteiger partial charge in [0.25, 0.3) is 12.0 Å². The van der Waals surface area contributed by atoms with Crippen molar-refractivity contribution in [3.63, 3.8) is 0 Å². The first-order valence-electron chi connectivity index (χ1n) is 18.2. The molecule has 0 saturated carbocycles. The van der Waals surface area contributed by atoms with Gasteiger partial charge in [-0.3, -0.25) is 14.4 Å². The Bertz CT molecular complexity index is 2070. The first kappa shape index (κ1) is 38.8. The number of rotatable bonds is 8. The van der Waals surface area contributed by atoms with Crippen molar-refractivity contribution in [2.24, 2.45) is 5.92 Å². The molecule has 55 heavy (non-hydrogen) atoms. The molecular weight excluding hydrogens is 747 g/mol. The Morgan fingerprint density at radius 2 is 2.00 bits per heavy atom. The van der Waals surface area contributed by atoms with Crippen molar-refractivity contribution >= 4 is 29.0 Å². The number of benzene rings is 1. The molecule has 6 heterocycles. The van der Waals surface area contributed by atoms with E-state index in [9.17, 15) is 26.7 Å². The Hall–Kier alpha value is -4.46. The van der Waals surface area contributed by atoms with Gasteiger partial charge in [0.15, 0.2) is 5.69 Å². The number of hydrogen-bond donors (Lipinski definition) is 1. The summed E-state index contributed by atoms with van der Waals surface area (Å²) in [5, 5.41) is 7.69. The molecule has 17 heteroatoms. The average Bonchev–Trinajstić information content (AvgIpc) is 3.72. The van der Waals surface area contributed by atoms with Crippen LogP contribution in [0.3, 0.4) is 0 Å². The predicted octanol–water partition coefficient (Wildman–Crippen LogP) is 6.70. The van der Waals surface area contributed by atoms with Crippen LogP contribution in [0.5, 0.6) is 6.01 Å². The first-order valence-corrected chi connectivity index (χ1v) is 18.6. The molecule has 2 fully saturated rings. The number of carbonyl (C=O) groups excluding carboxylic acids is 1. The summed E-state index contributed by atoms with van der Waals surface area (Å²) in [6.07, 6.45) is -3.72. The van der Waals surface area contributed by atoms with E-state index in [2.05, 4.69) is 27.2 Å². The molecule has 0 bridgehead atoms. The van der Waals surface area contributed by atoms with E-state index >= 15 is 0 Å². The molecule has 3 atom stereocenters. The molecule has 2 saturated heterocycles. The van der Waals surface area contributed by atoms with E-state index in [1.807, 2.05) is 4.90 Å². The van der Waals surface area contributed by atoms with Gasteiger partial charge in [-0.1, -0.05) is 17.5 Å². The quantitative estimate of drug-likeness (QED) is 0.198. The summed E-state index contributed by atoms with van der Waals surface area (Å²) in [6, 6.07) is 2.83. The average molecular weight is 789 g/mol. The lowest BCUT2D eigenvalue weighted by atomic mass is 9.91. The number of aryl methyl sites for hydroxylation is 1. The van der Waals surface area contributed by atoms with Crippen LogP contribution >= 0.6 is 11.6 Å². The Morgan fingerprint density at radius 3 is 2.71 bits per heavy atom. The molecule has 4 aliphatic rings. The zero-order chi connectivity index (χ0) is 39.2. The molecule has 1 aromatic carbocycles. The lowest BCUT2D eigenvalue weighted by molar-refractivity contribution is -0.140. The molecule has 7 rings (SSSR count). The highest BCUT2D eigenvalue weighted by Crippen LogP contribution is 2.45. The predicted molar refractivity (Wildman–Crippen MR) is 195 cm³/mol. The highest BCUT2D eigenvalue weighted by molar-refractivity contribution is 6.34. The SMILES string of the molecule is CC#Cc1cc(NC)cc(C2Cc3nc(OC[C@]45CCCN4C[C@@H](C=C(F)F)C5)nc(N4CCCn5nc(C(=O)N(C)C)c(Cl)c5C4)c3CO2)c1C(F)(F)F. The summed E-state index contributed by atoms with van der Waals surface area (Å²) in [4.78, 5) is 28.2. The summed E-state index contributed by atoms with van der Waals surface area (Å²) in [7, 11) is 4.86. The summed E-state index contributed by atoms with van der Waals surface area (Å²) < 4.78 is 85.1. The molecule has 294 valence electrons. The van der Waals surface area contributed by atoms with Gasteiger partial charge in [0.2, 0.25) is 0 Å². The van der Waals surface area contributed by atoms with Gasteiger partial charge in [-0.15, -0.1) is 5.92 Å². The fraction of sp³-hybridized carbons (Fsp3) is 0.526. The maximum Gasteiger partial charge on any atom is 0.417 e. The van der Waals surface area contributed by atoms with Crippen LogP contribution in [0, 0.1) is 17.8 Å². The van der Waals surface area contributed by atoms with E-state index in [0.29, 0.717) is 60.9 Å². The Morgan fingerprint density at radius 1 is 1.20 bits per heavy atom. The van der Waals surface area contributed by atoms with Crippen molar-refractivity contribution in [1.29, 1.82) is 0 Å². The largest absolute Gasteiger partial charge is 0.461 e. The van der Waals surface area contributed by atoms with Crippen LogP contribution in [0.1, 0.15) is 82.8 Å². The molecule has 1 N–H and O–H groups in total. The maximum atomic E-state index is 14.7. The summed E-state index contributed by atoms with van der Waals surface area (Å²) in [5.41, 5.74) is 0.669. The number of ether oxygens (including phenoxy) is 2. The van der Waals surface area contributed by atoms with Gasteiger partial charge in [0, 0.05) is 64.0 Å². The van der Waals surface area contributed by atoms with E-state index < -0.39 is 29.5 Å². The molecule has 3 aromatic rings. The van der Waals surface area contributed by atoms with Gasteiger partial charge >= 0.3 is 12.2 Å². The lowest BCUT2D eigenvalue weighted by Gasteiger charge is -2.33. The number of anilines is 2. The van der Waals surface area contributed by atoms with Gasteiger partial charge in [0.1, 0.15) is 12.4 Å². The van der Waals surface area contributed by atoms with Gasteiger partial charge in [-0.25, -0.2) is 0 Å². The normalized spacial score (nSPS) is 22.2. The Labute approximate surface area is 320 Å². The number of carbonyl (C=O) groups is 1. The van der Waals surface area contributed by atoms with Crippen LogP contribution in [0.25, 0.3) is 0 Å². The second-order valence-electron chi connectivity index (χ2n) is 14.7. The summed E-state index contributed by atoms with van der Waals surface area (Å²) >= 11 is 6.79. The lowest BCUT2D eigenvalue weighted by Crippen LogP contribution is -2.43. The van der Waals surface area contributed by atoms with E-state index in [1.165, 1.54) is 24.0 Å². The fourth-order valence-corrected chi connectivity index (χ4v) is 8.71. The second-order valence-corrected chi connectivity index (χ2v) is 15.0. The third kappa shape index (κ3) is 7.58. The topological polar surface area (TPSA) is 101 Å². The van der Waals surface area contributed by atoms with E-state index in [4.69, 9.17) is 31.0 Å². The molecule has 11 nitrogen and oxygen atoms in total. The minimum absolute atomic E-state index is 0.0234. The van der Waals surface area contributed by atoms with Crippen LogP contribution in [-0.4, -0.2) is 88.4 Å². The van der Waals surface area contributed by atoms with Crippen LogP contribution in [0.2, 0.25) is 5.02 Å². The zero-order valence-corrected chi connectivity index (χ0v) is 31.8. The minimum atomic E-state index is -4.72. The molecule has 0 aliphatic carbocycles. The number of halogens is 6. The molecule has 1 unspecified atom stereocenters. The monoisotopic (exact) mass is 788 g/mol.